The molecule has 3 rings (SSSR count). The molecule has 24 heavy (non-hydrogen) atoms. The van der Waals surface area contributed by atoms with Gasteiger partial charge in [-0.25, -0.2) is 0 Å². The molecule has 2 aromatic carbocycles. The third kappa shape index (κ3) is 3.58. The molecule has 0 spiro atoms. The van der Waals surface area contributed by atoms with Crippen molar-refractivity contribution in [2.24, 2.45) is 0 Å². The maximum absolute atomic E-state index is 11.8. The van der Waals surface area contributed by atoms with E-state index >= 15 is 0 Å². The minimum absolute atomic E-state index is 0.0707. The van der Waals surface area contributed by atoms with Crippen LogP contribution in [0.3, 0.4) is 0 Å². The molecule has 2 N–H and O–H groups in total. The number of hydrogen-bond acceptors (Lipinski definition) is 3. The van der Waals surface area contributed by atoms with Gasteiger partial charge in [0, 0.05) is 12.1 Å². The Morgan fingerprint density at radius 2 is 2.00 bits per heavy atom. The number of carbonyl (C=O) groups is 1. The van der Waals surface area contributed by atoms with E-state index in [-0.39, 0.29) is 11.9 Å². The van der Waals surface area contributed by atoms with Crippen molar-refractivity contribution in [2.75, 3.05) is 7.05 Å². The molecule has 0 aliphatic carbocycles. The first-order valence-corrected chi connectivity index (χ1v) is 7.73. The van der Waals surface area contributed by atoms with E-state index in [4.69, 9.17) is 21.7 Å². The molecule has 5 nitrogen and oxygen atoms in total. The lowest BCUT2D eigenvalue weighted by Gasteiger charge is -2.10. The summed E-state index contributed by atoms with van der Waals surface area (Å²) in [5.41, 5.74) is 2.27. The highest BCUT2D eigenvalue weighted by Crippen LogP contribution is 2.20. The first-order chi connectivity index (χ1) is 11.5. The molecule has 1 saturated heterocycles. The summed E-state index contributed by atoms with van der Waals surface area (Å²) in [5.74, 6) is 0.492. The Balaban J connectivity index is 1.73. The number of rotatable bonds is 4. The molecule has 0 bridgehead atoms. The maximum atomic E-state index is 11.8. The second-order valence-corrected chi connectivity index (χ2v) is 5.82. The van der Waals surface area contributed by atoms with Crippen LogP contribution in [-0.4, -0.2) is 23.8 Å². The number of guanidine groups is 1. The quantitative estimate of drug-likeness (QED) is 0.839. The summed E-state index contributed by atoms with van der Waals surface area (Å²) in [6, 6.07) is 14.9. The lowest BCUT2D eigenvalue weighted by atomic mass is 10.1. The van der Waals surface area contributed by atoms with Crippen LogP contribution in [0.2, 0.25) is 5.02 Å². The first kappa shape index (κ1) is 16.1. The maximum Gasteiger partial charge on any atom is 0.274 e. The molecule has 1 aliphatic rings. The topological polar surface area (TPSA) is 65.4 Å². The van der Waals surface area contributed by atoms with Crippen LogP contribution >= 0.6 is 11.6 Å². The second kappa shape index (κ2) is 6.76. The van der Waals surface area contributed by atoms with Crippen molar-refractivity contribution in [3.05, 3.63) is 70.4 Å². The number of halogens is 1. The highest BCUT2D eigenvalue weighted by Gasteiger charge is 2.26. The van der Waals surface area contributed by atoms with Gasteiger partial charge in [0.1, 0.15) is 18.1 Å². The molecule has 6 heteroatoms. The van der Waals surface area contributed by atoms with Gasteiger partial charge in [-0.1, -0.05) is 35.9 Å². The normalized spacial score (nSPS) is 15.8. The molecule has 0 saturated carbocycles. The Bertz CT molecular complexity index is 815. The molecule has 1 aliphatic heterocycles. The molecule has 122 valence electrons. The fourth-order valence-electron chi connectivity index (χ4n) is 2.29. The van der Waals surface area contributed by atoms with Crippen molar-refractivity contribution in [3.63, 3.8) is 0 Å². The Morgan fingerprint density at radius 3 is 2.67 bits per heavy atom. The van der Waals surface area contributed by atoms with E-state index in [0.717, 1.165) is 11.1 Å². The van der Waals surface area contributed by atoms with E-state index in [2.05, 4.69) is 5.32 Å². The average molecular weight is 342 g/mol. The van der Waals surface area contributed by atoms with Gasteiger partial charge in [0.2, 0.25) is 5.96 Å². The van der Waals surface area contributed by atoms with E-state index in [1.54, 1.807) is 13.1 Å². The molecule has 0 radical (unpaired) electrons. The highest BCUT2D eigenvalue weighted by atomic mass is 35.5. The van der Waals surface area contributed by atoms with Crippen molar-refractivity contribution >= 4 is 29.5 Å². The number of likely N-dealkylation sites (N-methyl/N-ethyl adjacent to an activating group) is 1. The monoisotopic (exact) mass is 341 g/mol. The van der Waals surface area contributed by atoms with Crippen molar-refractivity contribution < 1.29 is 9.53 Å². The van der Waals surface area contributed by atoms with E-state index in [1.807, 2.05) is 48.5 Å². The summed E-state index contributed by atoms with van der Waals surface area (Å²) in [7, 11) is 1.67. The minimum atomic E-state index is -0.282. The first-order valence-electron chi connectivity index (χ1n) is 7.35. The largest absolute Gasteiger partial charge is 0.489 e. The van der Waals surface area contributed by atoms with Crippen molar-refractivity contribution in [2.45, 2.75) is 6.61 Å². The lowest BCUT2D eigenvalue weighted by Crippen LogP contribution is -2.25. The zero-order valence-corrected chi connectivity index (χ0v) is 13.8. The van der Waals surface area contributed by atoms with Crippen LogP contribution < -0.4 is 10.1 Å². The SMILES string of the molecule is CN1C(=N)NC(=O)/C1=C/c1cccc(OCc2ccc(Cl)cc2)c1. The fraction of sp³-hybridized carbons (Fsp3) is 0.111. The van der Waals surface area contributed by atoms with Gasteiger partial charge in [-0.2, -0.15) is 0 Å². The number of amides is 1. The highest BCUT2D eigenvalue weighted by molar-refractivity contribution is 6.30. The van der Waals surface area contributed by atoms with Crippen molar-refractivity contribution in [3.8, 4) is 5.75 Å². The summed E-state index contributed by atoms with van der Waals surface area (Å²) in [6.07, 6.45) is 1.73. The number of nitrogens with one attached hydrogen (secondary N) is 2. The van der Waals surface area contributed by atoms with Crippen LogP contribution in [0.1, 0.15) is 11.1 Å². The minimum Gasteiger partial charge on any atom is -0.489 e. The lowest BCUT2D eigenvalue weighted by molar-refractivity contribution is -0.115. The van der Waals surface area contributed by atoms with Crippen LogP contribution in [0, 0.1) is 5.41 Å². The summed E-state index contributed by atoms with van der Waals surface area (Å²) in [5, 5.41) is 10.8. The van der Waals surface area contributed by atoms with Gasteiger partial charge in [0.25, 0.3) is 5.91 Å². The molecule has 0 atom stereocenters. The third-order valence-corrected chi connectivity index (χ3v) is 3.89. The van der Waals surface area contributed by atoms with Crippen molar-refractivity contribution in [1.29, 1.82) is 5.41 Å². The molecular formula is C18H16ClN3O2. The summed E-state index contributed by atoms with van der Waals surface area (Å²) < 4.78 is 5.78. The molecule has 1 heterocycles. The Morgan fingerprint density at radius 1 is 1.25 bits per heavy atom. The third-order valence-electron chi connectivity index (χ3n) is 3.64. The van der Waals surface area contributed by atoms with E-state index in [9.17, 15) is 4.79 Å². The van der Waals surface area contributed by atoms with Gasteiger partial charge in [-0.15, -0.1) is 0 Å². The zero-order chi connectivity index (χ0) is 17.1. The standard InChI is InChI=1S/C18H16ClN3O2/c1-22-16(17(23)21-18(22)20)10-13-3-2-4-15(9-13)24-11-12-5-7-14(19)8-6-12/h2-10H,11H2,1H3,(H2,20,21,23)/b16-10-. The summed E-state index contributed by atoms with van der Waals surface area (Å²) in [4.78, 5) is 13.3. The number of nitrogens with zero attached hydrogens (tertiary/aromatic N) is 1. The predicted octanol–water partition coefficient (Wildman–Crippen LogP) is 3.26. The van der Waals surface area contributed by atoms with Crippen LogP contribution in [0.5, 0.6) is 5.75 Å². The summed E-state index contributed by atoms with van der Waals surface area (Å²) in [6.45, 7) is 0.433. The molecule has 1 amide bonds. The molecular weight excluding hydrogens is 326 g/mol. The summed E-state index contributed by atoms with van der Waals surface area (Å²) >= 11 is 5.87. The molecule has 2 aromatic rings. The zero-order valence-electron chi connectivity index (χ0n) is 13.0. The van der Waals surface area contributed by atoms with Gasteiger partial charge in [-0.05, 0) is 41.5 Å². The van der Waals surface area contributed by atoms with Gasteiger partial charge in [0.05, 0.1) is 0 Å². The molecule has 0 aromatic heterocycles. The second-order valence-electron chi connectivity index (χ2n) is 5.38. The van der Waals surface area contributed by atoms with Crippen LogP contribution in [0.25, 0.3) is 6.08 Å². The van der Waals surface area contributed by atoms with E-state index in [0.29, 0.717) is 23.1 Å². The number of benzene rings is 2. The van der Waals surface area contributed by atoms with Crippen LogP contribution in [0.15, 0.2) is 54.2 Å². The smallest absolute Gasteiger partial charge is 0.274 e. The van der Waals surface area contributed by atoms with Gasteiger partial charge in [0.15, 0.2) is 0 Å². The van der Waals surface area contributed by atoms with Crippen molar-refractivity contribution in [1.82, 2.24) is 10.2 Å². The fourth-order valence-corrected chi connectivity index (χ4v) is 2.42. The number of ether oxygens (including phenoxy) is 1. The predicted molar refractivity (Wildman–Crippen MR) is 93.8 cm³/mol. The number of hydrogen-bond donors (Lipinski definition) is 2. The average Bonchev–Trinajstić information content (AvgIpc) is 2.81. The van der Waals surface area contributed by atoms with Crippen LogP contribution in [0.4, 0.5) is 0 Å². The van der Waals surface area contributed by atoms with E-state index in [1.165, 1.54) is 4.90 Å². The van der Waals surface area contributed by atoms with Crippen LogP contribution in [-0.2, 0) is 11.4 Å². The van der Waals surface area contributed by atoms with Gasteiger partial charge >= 0.3 is 0 Å². The molecule has 0 unspecified atom stereocenters. The Hall–Kier alpha value is -2.79. The Labute approximate surface area is 145 Å². The van der Waals surface area contributed by atoms with Gasteiger partial charge in [-0.3, -0.25) is 15.5 Å². The van der Waals surface area contributed by atoms with E-state index < -0.39 is 0 Å². The Kier molecular flexibility index (Phi) is 4.53. The molecule has 1 fully saturated rings. The number of carbonyl (C=O) groups excluding carboxylic acids is 1. The van der Waals surface area contributed by atoms with Gasteiger partial charge < -0.3 is 9.64 Å².